The number of ether oxygens (including phenoxy) is 2. The maximum absolute atomic E-state index is 12.6. The van der Waals surface area contributed by atoms with E-state index in [-0.39, 0.29) is 19.8 Å². The fourth-order valence-electron chi connectivity index (χ4n) is 2.42. The highest BCUT2D eigenvalue weighted by atomic mass is 79.9. The first-order valence-corrected chi connectivity index (χ1v) is 8.76. The van der Waals surface area contributed by atoms with E-state index in [1.54, 1.807) is 24.3 Å². The monoisotopic (exact) mass is 421 g/mol. The van der Waals surface area contributed by atoms with Gasteiger partial charge in [-0.2, -0.15) is 0 Å². The van der Waals surface area contributed by atoms with Crippen molar-refractivity contribution in [2.75, 3.05) is 20.3 Å². The molecule has 2 rings (SSSR count). The van der Waals surface area contributed by atoms with Gasteiger partial charge in [-0.15, -0.1) is 0 Å². The van der Waals surface area contributed by atoms with Gasteiger partial charge in [0, 0.05) is 18.1 Å². The van der Waals surface area contributed by atoms with E-state index in [9.17, 15) is 14.7 Å². The van der Waals surface area contributed by atoms with Gasteiger partial charge >= 0.3 is 12.1 Å². The van der Waals surface area contributed by atoms with Crippen LogP contribution in [-0.4, -0.2) is 42.3 Å². The van der Waals surface area contributed by atoms with Crippen LogP contribution >= 0.6 is 15.9 Å². The van der Waals surface area contributed by atoms with Crippen molar-refractivity contribution in [2.24, 2.45) is 0 Å². The third kappa shape index (κ3) is 5.57. The molecule has 0 heterocycles. The third-order valence-corrected chi connectivity index (χ3v) is 4.24. The molecule has 1 unspecified atom stereocenters. The molecule has 0 aliphatic rings. The number of methoxy groups -OCH3 is 1. The maximum Gasteiger partial charge on any atom is 0.411 e. The van der Waals surface area contributed by atoms with E-state index >= 15 is 0 Å². The molecule has 0 radical (unpaired) electrons. The number of carboxylic acids is 1. The van der Waals surface area contributed by atoms with Gasteiger partial charge in [-0.25, -0.2) is 9.59 Å². The van der Waals surface area contributed by atoms with E-state index in [0.29, 0.717) is 5.56 Å². The maximum atomic E-state index is 12.6. The van der Waals surface area contributed by atoms with Gasteiger partial charge in [0.25, 0.3) is 0 Å². The number of rotatable bonds is 8. The van der Waals surface area contributed by atoms with Gasteiger partial charge in [0.2, 0.25) is 0 Å². The lowest BCUT2D eigenvalue weighted by atomic mass is 10.1. The molecule has 0 aliphatic carbocycles. The van der Waals surface area contributed by atoms with E-state index in [2.05, 4.69) is 15.9 Å². The summed E-state index contributed by atoms with van der Waals surface area (Å²) in [6.07, 6.45) is -0.707. The number of aliphatic carboxylic acids is 1. The minimum atomic E-state index is -1.17. The molecule has 1 amide bonds. The van der Waals surface area contributed by atoms with Gasteiger partial charge in [0.05, 0.1) is 6.61 Å². The Morgan fingerprint density at radius 2 is 1.77 bits per heavy atom. The lowest BCUT2D eigenvalue weighted by Gasteiger charge is -2.28. The molecule has 0 saturated heterocycles. The number of nitrogens with zero attached hydrogens (tertiary/aromatic N) is 1. The summed E-state index contributed by atoms with van der Waals surface area (Å²) < 4.78 is 11.2. The zero-order valence-electron chi connectivity index (χ0n) is 14.3. The number of halogens is 1. The Bertz CT molecular complexity index is 720. The predicted octanol–water partition coefficient (Wildman–Crippen LogP) is 3.86. The van der Waals surface area contributed by atoms with Gasteiger partial charge in [-0.05, 0) is 23.3 Å². The Labute approximate surface area is 160 Å². The van der Waals surface area contributed by atoms with Crippen LogP contribution in [-0.2, 0) is 20.9 Å². The van der Waals surface area contributed by atoms with Crippen molar-refractivity contribution in [3.8, 4) is 0 Å². The number of benzene rings is 2. The lowest BCUT2D eigenvalue weighted by molar-refractivity contribution is -0.143. The summed E-state index contributed by atoms with van der Waals surface area (Å²) in [5.74, 6) is -1.14. The molecule has 0 fully saturated rings. The Kier molecular flexibility index (Phi) is 7.62. The number of amides is 1. The van der Waals surface area contributed by atoms with Crippen LogP contribution in [0.5, 0.6) is 0 Å². The molecule has 2 aromatic carbocycles. The third-order valence-electron chi connectivity index (χ3n) is 3.71. The van der Waals surface area contributed by atoms with Crippen LogP contribution in [0.4, 0.5) is 4.79 Å². The average molecular weight is 422 g/mol. The lowest BCUT2D eigenvalue weighted by Crippen LogP contribution is -2.41. The van der Waals surface area contributed by atoms with Crippen LogP contribution in [0, 0.1) is 0 Å². The summed E-state index contributed by atoms with van der Waals surface area (Å²) in [6, 6.07) is 14.8. The summed E-state index contributed by atoms with van der Waals surface area (Å²) in [5.41, 5.74) is 1.30. The van der Waals surface area contributed by atoms with E-state index in [1.165, 1.54) is 7.11 Å². The highest BCUT2D eigenvalue weighted by molar-refractivity contribution is 9.10. The highest BCUT2D eigenvalue weighted by Gasteiger charge is 2.32. The minimum absolute atomic E-state index is 0.0653. The van der Waals surface area contributed by atoms with Gasteiger partial charge in [-0.1, -0.05) is 58.4 Å². The van der Waals surface area contributed by atoms with Gasteiger partial charge < -0.3 is 14.6 Å². The van der Waals surface area contributed by atoms with Crippen LogP contribution in [0.1, 0.15) is 17.2 Å². The van der Waals surface area contributed by atoms with Gasteiger partial charge in [0.1, 0.15) is 6.61 Å². The molecule has 0 aliphatic heterocycles. The average Bonchev–Trinajstić information content (AvgIpc) is 2.65. The molecule has 26 heavy (non-hydrogen) atoms. The number of carboxylic acid groups (broad SMARTS) is 1. The van der Waals surface area contributed by atoms with Crippen LogP contribution in [0.3, 0.4) is 0 Å². The largest absolute Gasteiger partial charge is 0.479 e. The van der Waals surface area contributed by atoms with Crippen molar-refractivity contribution in [2.45, 2.75) is 12.6 Å². The molecule has 0 saturated carbocycles. The molecule has 7 heteroatoms. The summed E-state index contributed by atoms with van der Waals surface area (Å²) in [7, 11) is 1.49. The molecule has 0 bridgehead atoms. The second kappa shape index (κ2) is 9.94. The Morgan fingerprint density at radius 3 is 2.35 bits per heavy atom. The second-order valence-electron chi connectivity index (χ2n) is 5.52. The van der Waals surface area contributed by atoms with Crippen molar-refractivity contribution >= 4 is 28.0 Å². The minimum Gasteiger partial charge on any atom is -0.479 e. The number of hydrogen-bond acceptors (Lipinski definition) is 4. The van der Waals surface area contributed by atoms with Crippen molar-refractivity contribution in [3.63, 3.8) is 0 Å². The first-order chi connectivity index (χ1) is 12.5. The van der Waals surface area contributed by atoms with E-state index in [4.69, 9.17) is 9.47 Å². The number of carbonyl (C=O) groups is 2. The van der Waals surface area contributed by atoms with Crippen molar-refractivity contribution in [3.05, 3.63) is 70.2 Å². The summed E-state index contributed by atoms with van der Waals surface area (Å²) >= 11 is 3.32. The quantitative estimate of drug-likeness (QED) is 0.699. The Morgan fingerprint density at radius 1 is 1.12 bits per heavy atom. The van der Waals surface area contributed by atoms with E-state index in [1.807, 2.05) is 30.3 Å². The van der Waals surface area contributed by atoms with Crippen LogP contribution in [0.2, 0.25) is 0 Å². The van der Waals surface area contributed by atoms with Crippen LogP contribution in [0.15, 0.2) is 59.1 Å². The molecule has 1 atom stereocenters. The molecular weight excluding hydrogens is 402 g/mol. The standard InChI is InChI=1S/C19H20BrNO5/c1-25-12-11-21(19(24)26-13-14-5-3-2-4-6-14)17(18(22)23)15-7-9-16(20)10-8-15/h2-10,17H,11-13H2,1H3,(H,22,23). The highest BCUT2D eigenvalue weighted by Crippen LogP contribution is 2.24. The first-order valence-electron chi connectivity index (χ1n) is 7.97. The van der Waals surface area contributed by atoms with Gasteiger partial charge in [-0.3, -0.25) is 4.90 Å². The van der Waals surface area contributed by atoms with Crippen molar-refractivity contribution < 1.29 is 24.2 Å². The predicted molar refractivity (Wildman–Crippen MR) is 99.7 cm³/mol. The summed E-state index contributed by atoms with van der Waals surface area (Å²) in [4.78, 5) is 25.6. The van der Waals surface area contributed by atoms with E-state index in [0.717, 1.165) is 14.9 Å². The Hall–Kier alpha value is -2.38. The summed E-state index contributed by atoms with van der Waals surface area (Å²) in [5, 5.41) is 9.70. The first kappa shape index (κ1) is 19.9. The SMILES string of the molecule is COCCN(C(=O)OCc1ccccc1)C(C(=O)O)c1ccc(Br)cc1. The molecule has 0 aromatic heterocycles. The molecule has 138 valence electrons. The normalized spacial score (nSPS) is 11.6. The van der Waals surface area contributed by atoms with Gasteiger partial charge in [0.15, 0.2) is 6.04 Å². The molecule has 6 nitrogen and oxygen atoms in total. The summed E-state index contributed by atoms with van der Waals surface area (Å²) in [6.45, 7) is 0.355. The van der Waals surface area contributed by atoms with E-state index < -0.39 is 18.1 Å². The molecule has 1 N–H and O–H groups in total. The molecule has 0 spiro atoms. The topological polar surface area (TPSA) is 76.1 Å². The zero-order valence-corrected chi connectivity index (χ0v) is 15.9. The molecule has 2 aromatic rings. The molecular formula is C19H20BrNO5. The zero-order chi connectivity index (χ0) is 18.9. The van der Waals surface area contributed by atoms with Crippen LogP contribution < -0.4 is 0 Å². The van der Waals surface area contributed by atoms with Crippen molar-refractivity contribution in [1.82, 2.24) is 4.90 Å². The second-order valence-corrected chi connectivity index (χ2v) is 6.43. The number of carbonyl (C=O) groups excluding carboxylic acids is 1. The van der Waals surface area contributed by atoms with Crippen LogP contribution in [0.25, 0.3) is 0 Å². The van der Waals surface area contributed by atoms with Crippen molar-refractivity contribution in [1.29, 1.82) is 0 Å². The smallest absolute Gasteiger partial charge is 0.411 e. The Balaban J connectivity index is 2.20. The fourth-order valence-corrected chi connectivity index (χ4v) is 2.68. The number of hydrogen-bond donors (Lipinski definition) is 1. The fraction of sp³-hybridized carbons (Fsp3) is 0.263.